The van der Waals surface area contributed by atoms with Crippen molar-refractivity contribution in [1.82, 2.24) is 4.72 Å². The summed E-state index contributed by atoms with van der Waals surface area (Å²) in [6.45, 7) is 3.84. The summed E-state index contributed by atoms with van der Waals surface area (Å²) in [5, 5.41) is 0. The van der Waals surface area contributed by atoms with E-state index in [1.165, 1.54) is 24.3 Å². The van der Waals surface area contributed by atoms with Gasteiger partial charge in [-0.25, -0.2) is 21.6 Å². The third-order valence-electron chi connectivity index (χ3n) is 3.99. The normalized spacial score (nSPS) is 13.6. The molecule has 1 atom stereocenters. The monoisotopic (exact) mass is 397 g/mol. The van der Waals surface area contributed by atoms with Crippen LogP contribution in [0, 0.1) is 5.92 Å². The molecule has 2 aromatic rings. The number of sulfone groups is 1. The minimum Gasteiger partial charge on any atom is -0.497 e. The largest absolute Gasteiger partial charge is 0.497 e. The summed E-state index contributed by atoms with van der Waals surface area (Å²) in [7, 11) is -5.62. The minimum atomic E-state index is -3.81. The van der Waals surface area contributed by atoms with Crippen LogP contribution in [0.4, 0.5) is 0 Å². The first kappa shape index (κ1) is 20.4. The quantitative estimate of drug-likeness (QED) is 0.776. The lowest BCUT2D eigenvalue weighted by molar-refractivity contribution is 0.413. The van der Waals surface area contributed by atoms with E-state index in [1.54, 1.807) is 19.2 Å². The van der Waals surface area contributed by atoms with Crippen molar-refractivity contribution in [2.45, 2.75) is 29.7 Å². The lowest BCUT2D eigenvalue weighted by Gasteiger charge is -2.23. The molecule has 142 valence electrons. The molecule has 0 saturated carbocycles. The molecular weight excluding hydrogens is 374 g/mol. The second kappa shape index (κ2) is 7.77. The number of sulfonamides is 1. The van der Waals surface area contributed by atoms with Crippen LogP contribution in [0.2, 0.25) is 0 Å². The summed E-state index contributed by atoms with van der Waals surface area (Å²) in [6.07, 6.45) is 1.08. The van der Waals surface area contributed by atoms with E-state index >= 15 is 0 Å². The average Bonchev–Trinajstić information content (AvgIpc) is 2.59. The Morgan fingerprint density at radius 1 is 0.846 bits per heavy atom. The molecule has 0 bridgehead atoms. The second-order valence-electron chi connectivity index (χ2n) is 6.36. The molecule has 1 unspecified atom stereocenters. The standard InChI is InChI=1S/C18H23NO5S2/c1-13(2)18(14-5-7-15(24-3)8-6-14)19-26(22,23)17-11-9-16(10-12-17)25(4,20)21/h5-13,18-19H,1-4H3. The first-order valence-electron chi connectivity index (χ1n) is 8.01. The third kappa shape index (κ3) is 4.84. The Hall–Kier alpha value is -1.90. The molecule has 0 radical (unpaired) electrons. The molecule has 0 aliphatic rings. The molecule has 2 rings (SSSR count). The van der Waals surface area contributed by atoms with Crippen molar-refractivity contribution in [3.63, 3.8) is 0 Å². The van der Waals surface area contributed by atoms with Crippen molar-refractivity contribution in [2.75, 3.05) is 13.4 Å². The number of nitrogens with one attached hydrogen (secondary N) is 1. The molecule has 0 spiro atoms. The third-order valence-corrected chi connectivity index (χ3v) is 6.57. The van der Waals surface area contributed by atoms with Gasteiger partial charge in [-0.2, -0.15) is 0 Å². The van der Waals surface area contributed by atoms with Gasteiger partial charge >= 0.3 is 0 Å². The molecule has 0 aromatic heterocycles. The first-order valence-corrected chi connectivity index (χ1v) is 11.4. The molecule has 6 nitrogen and oxygen atoms in total. The number of hydrogen-bond acceptors (Lipinski definition) is 5. The summed E-state index contributed by atoms with van der Waals surface area (Å²) in [6, 6.07) is 11.9. The predicted molar refractivity (Wildman–Crippen MR) is 100 cm³/mol. The molecule has 0 aliphatic heterocycles. The second-order valence-corrected chi connectivity index (χ2v) is 10.1. The molecule has 0 saturated heterocycles. The van der Waals surface area contributed by atoms with E-state index in [-0.39, 0.29) is 15.7 Å². The zero-order chi connectivity index (χ0) is 19.5. The van der Waals surface area contributed by atoms with Crippen LogP contribution in [0.25, 0.3) is 0 Å². The lowest BCUT2D eigenvalue weighted by Crippen LogP contribution is -2.31. The SMILES string of the molecule is COc1ccc(C(NS(=O)(=O)c2ccc(S(C)(=O)=O)cc2)C(C)C)cc1. The molecule has 8 heteroatoms. The van der Waals surface area contributed by atoms with Crippen LogP contribution in [-0.4, -0.2) is 30.2 Å². The number of hydrogen-bond donors (Lipinski definition) is 1. The molecule has 0 aliphatic carbocycles. The Balaban J connectivity index is 2.31. The van der Waals surface area contributed by atoms with Crippen LogP contribution in [0.1, 0.15) is 25.5 Å². The molecule has 2 aromatic carbocycles. The Kier molecular flexibility index (Phi) is 6.10. The van der Waals surface area contributed by atoms with E-state index in [0.29, 0.717) is 5.75 Å². The van der Waals surface area contributed by atoms with Gasteiger partial charge in [-0.3, -0.25) is 0 Å². The van der Waals surface area contributed by atoms with Crippen molar-refractivity contribution < 1.29 is 21.6 Å². The molecule has 0 heterocycles. The van der Waals surface area contributed by atoms with Crippen LogP contribution in [0.5, 0.6) is 5.75 Å². The van der Waals surface area contributed by atoms with Gasteiger partial charge in [0.05, 0.1) is 16.9 Å². The van der Waals surface area contributed by atoms with Gasteiger partial charge in [0, 0.05) is 12.3 Å². The maximum Gasteiger partial charge on any atom is 0.241 e. The zero-order valence-corrected chi connectivity index (χ0v) is 16.8. The Labute approximate surface area is 155 Å². The maximum atomic E-state index is 12.7. The number of ether oxygens (including phenoxy) is 1. The van der Waals surface area contributed by atoms with Crippen molar-refractivity contribution in [3.05, 3.63) is 54.1 Å². The predicted octanol–water partition coefficient (Wildman–Crippen LogP) is 2.77. The van der Waals surface area contributed by atoms with Gasteiger partial charge in [0.1, 0.15) is 5.75 Å². The van der Waals surface area contributed by atoms with Gasteiger partial charge in [-0.05, 0) is 47.9 Å². The number of benzene rings is 2. The van der Waals surface area contributed by atoms with Crippen molar-refractivity contribution >= 4 is 19.9 Å². The van der Waals surface area contributed by atoms with E-state index in [9.17, 15) is 16.8 Å². The fraction of sp³-hybridized carbons (Fsp3) is 0.333. The number of rotatable bonds is 7. The van der Waals surface area contributed by atoms with Crippen molar-refractivity contribution in [3.8, 4) is 5.75 Å². The van der Waals surface area contributed by atoms with Gasteiger partial charge < -0.3 is 4.74 Å². The Morgan fingerprint density at radius 2 is 1.35 bits per heavy atom. The van der Waals surface area contributed by atoms with Gasteiger partial charge in [0.15, 0.2) is 9.84 Å². The van der Waals surface area contributed by atoms with Gasteiger partial charge in [0.2, 0.25) is 10.0 Å². The van der Waals surface area contributed by atoms with Gasteiger partial charge in [-0.15, -0.1) is 0 Å². The highest BCUT2D eigenvalue weighted by Gasteiger charge is 2.24. The molecular formula is C18H23NO5S2. The van der Waals surface area contributed by atoms with Crippen molar-refractivity contribution in [2.24, 2.45) is 5.92 Å². The van der Waals surface area contributed by atoms with Crippen LogP contribution >= 0.6 is 0 Å². The van der Waals surface area contributed by atoms with E-state index in [0.717, 1.165) is 11.8 Å². The van der Waals surface area contributed by atoms with Gasteiger partial charge in [-0.1, -0.05) is 26.0 Å². The summed E-state index contributed by atoms with van der Waals surface area (Å²) in [5.74, 6) is 0.698. The fourth-order valence-corrected chi connectivity index (χ4v) is 4.50. The first-order chi connectivity index (χ1) is 12.0. The van der Waals surface area contributed by atoms with Crippen LogP contribution in [0.3, 0.4) is 0 Å². The van der Waals surface area contributed by atoms with Gasteiger partial charge in [0.25, 0.3) is 0 Å². The molecule has 0 fully saturated rings. The summed E-state index contributed by atoms with van der Waals surface area (Å²) in [5.41, 5.74) is 0.817. The van der Waals surface area contributed by atoms with E-state index in [4.69, 9.17) is 4.74 Å². The highest BCUT2D eigenvalue weighted by atomic mass is 32.2. The van der Waals surface area contributed by atoms with Crippen molar-refractivity contribution in [1.29, 1.82) is 0 Å². The maximum absolute atomic E-state index is 12.7. The van der Waals surface area contributed by atoms with Crippen LogP contribution < -0.4 is 9.46 Å². The smallest absolute Gasteiger partial charge is 0.241 e. The molecule has 0 amide bonds. The Morgan fingerprint density at radius 3 is 1.77 bits per heavy atom. The van der Waals surface area contributed by atoms with E-state index in [2.05, 4.69) is 4.72 Å². The highest BCUT2D eigenvalue weighted by Crippen LogP contribution is 2.26. The van der Waals surface area contributed by atoms with E-state index < -0.39 is 25.9 Å². The Bertz CT molecular complexity index is 948. The summed E-state index contributed by atoms with van der Waals surface area (Å²) in [4.78, 5) is 0.0936. The topological polar surface area (TPSA) is 89.5 Å². The summed E-state index contributed by atoms with van der Waals surface area (Å²) >= 11 is 0. The number of methoxy groups -OCH3 is 1. The average molecular weight is 398 g/mol. The molecule has 1 N–H and O–H groups in total. The van der Waals surface area contributed by atoms with Crippen LogP contribution in [0.15, 0.2) is 58.3 Å². The van der Waals surface area contributed by atoms with Crippen LogP contribution in [-0.2, 0) is 19.9 Å². The van der Waals surface area contributed by atoms with E-state index in [1.807, 2.05) is 26.0 Å². The minimum absolute atomic E-state index is 0.00784. The molecule has 26 heavy (non-hydrogen) atoms. The lowest BCUT2D eigenvalue weighted by atomic mass is 9.97. The highest BCUT2D eigenvalue weighted by molar-refractivity contribution is 7.90. The fourth-order valence-electron chi connectivity index (χ4n) is 2.50. The zero-order valence-electron chi connectivity index (χ0n) is 15.1. The summed E-state index contributed by atoms with van der Waals surface area (Å²) < 4.78 is 56.3.